The third-order valence-corrected chi connectivity index (χ3v) is 7.55. The molecule has 168 valence electrons. The number of nitrogens with zero attached hydrogens (tertiary/aromatic N) is 4. The van der Waals surface area contributed by atoms with Crippen molar-refractivity contribution in [2.45, 2.75) is 50.2 Å². The third-order valence-electron chi connectivity index (χ3n) is 6.71. The molecular weight excluding hydrogens is 406 g/mol. The Morgan fingerprint density at radius 1 is 1.29 bits per heavy atom. The summed E-state index contributed by atoms with van der Waals surface area (Å²) in [6, 6.07) is 11.4. The van der Waals surface area contributed by atoms with Crippen molar-refractivity contribution in [2.75, 3.05) is 43.9 Å². The van der Waals surface area contributed by atoms with Crippen molar-refractivity contribution in [3.8, 4) is 0 Å². The summed E-state index contributed by atoms with van der Waals surface area (Å²) < 4.78 is 0. The van der Waals surface area contributed by atoms with Crippen molar-refractivity contribution in [1.29, 1.82) is 0 Å². The Morgan fingerprint density at radius 3 is 2.68 bits per heavy atom. The first kappa shape index (κ1) is 22.5. The number of hydrogen-bond donors (Lipinski definition) is 2. The van der Waals surface area contributed by atoms with E-state index in [0.29, 0.717) is 17.4 Å². The summed E-state index contributed by atoms with van der Waals surface area (Å²) in [4.78, 5) is 15.0. The Morgan fingerprint density at radius 2 is 2.03 bits per heavy atom. The lowest BCUT2D eigenvalue weighted by Crippen LogP contribution is -2.65. The van der Waals surface area contributed by atoms with Gasteiger partial charge in [-0.3, -0.25) is 4.90 Å². The molecule has 6 nitrogen and oxygen atoms in total. The highest BCUT2D eigenvalue weighted by atomic mass is 32.2. The monoisotopic (exact) mass is 441 g/mol. The van der Waals surface area contributed by atoms with Crippen LogP contribution in [0.5, 0.6) is 0 Å². The second kappa shape index (κ2) is 9.86. The molecule has 2 heterocycles. The SMILES string of the molecule is CSc1cnc(N(CCNC2CC3(C2)CN(Cc2ccccc2)C3)C(C)CO)nc1C. The van der Waals surface area contributed by atoms with E-state index >= 15 is 0 Å². The Labute approximate surface area is 190 Å². The van der Waals surface area contributed by atoms with E-state index in [2.05, 4.69) is 55.4 Å². The molecular formula is C24H35N5OS. The maximum Gasteiger partial charge on any atom is 0.225 e. The minimum absolute atomic E-state index is 0.00719. The van der Waals surface area contributed by atoms with Crippen LogP contribution < -0.4 is 10.2 Å². The second-order valence-corrected chi connectivity index (χ2v) is 10.1. The first-order valence-corrected chi connectivity index (χ1v) is 12.5. The fourth-order valence-corrected chi connectivity index (χ4v) is 5.53. The molecule has 2 N–H and O–H groups in total. The van der Waals surface area contributed by atoms with E-state index in [-0.39, 0.29) is 12.6 Å². The number of aromatic nitrogens is 2. The van der Waals surface area contributed by atoms with Gasteiger partial charge >= 0.3 is 0 Å². The number of likely N-dealkylation sites (tertiary alicyclic amines) is 1. The topological polar surface area (TPSA) is 64.5 Å². The van der Waals surface area contributed by atoms with E-state index in [9.17, 15) is 5.11 Å². The van der Waals surface area contributed by atoms with Crippen LogP contribution in [0.15, 0.2) is 41.4 Å². The zero-order chi connectivity index (χ0) is 21.8. The summed E-state index contributed by atoms with van der Waals surface area (Å²) >= 11 is 1.66. The zero-order valence-electron chi connectivity index (χ0n) is 18.9. The van der Waals surface area contributed by atoms with Crippen LogP contribution in [0.3, 0.4) is 0 Å². The highest BCUT2D eigenvalue weighted by molar-refractivity contribution is 7.98. The van der Waals surface area contributed by atoms with Gasteiger partial charge in [0.15, 0.2) is 0 Å². The standard InChI is InChI=1S/C24H35N5OS/c1-18(15-30)29(23-26-13-22(31-3)19(2)27-23)10-9-25-21-11-24(12-21)16-28(17-24)14-20-7-5-4-6-8-20/h4-8,13,18,21,25,30H,9-12,14-17H2,1-3H3. The van der Waals surface area contributed by atoms with Crippen molar-refractivity contribution in [3.63, 3.8) is 0 Å². The average molecular weight is 442 g/mol. The second-order valence-electron chi connectivity index (χ2n) is 9.24. The van der Waals surface area contributed by atoms with Crippen LogP contribution in [0.25, 0.3) is 0 Å². The van der Waals surface area contributed by atoms with E-state index in [1.807, 2.05) is 26.3 Å². The molecule has 0 bridgehead atoms. The van der Waals surface area contributed by atoms with Crippen molar-refractivity contribution >= 4 is 17.7 Å². The molecule has 0 radical (unpaired) electrons. The van der Waals surface area contributed by atoms with E-state index in [1.165, 1.54) is 31.5 Å². The maximum absolute atomic E-state index is 9.71. The van der Waals surface area contributed by atoms with Crippen LogP contribution >= 0.6 is 11.8 Å². The van der Waals surface area contributed by atoms with E-state index in [0.717, 1.165) is 30.2 Å². The van der Waals surface area contributed by atoms with Gasteiger partial charge in [-0.1, -0.05) is 30.3 Å². The summed E-state index contributed by atoms with van der Waals surface area (Å²) in [5.41, 5.74) is 2.94. The van der Waals surface area contributed by atoms with Gasteiger partial charge in [-0.15, -0.1) is 11.8 Å². The average Bonchev–Trinajstić information content (AvgIpc) is 2.73. The number of aryl methyl sites for hydroxylation is 1. The molecule has 1 saturated carbocycles. The van der Waals surface area contributed by atoms with Crippen LogP contribution in [-0.2, 0) is 6.54 Å². The number of aliphatic hydroxyl groups excluding tert-OH is 1. The Bertz CT molecular complexity index is 850. The Hall–Kier alpha value is -1.67. The molecule has 1 aromatic heterocycles. The van der Waals surface area contributed by atoms with Crippen LogP contribution in [0.4, 0.5) is 5.95 Å². The van der Waals surface area contributed by atoms with Crippen molar-refractivity contribution in [3.05, 3.63) is 47.8 Å². The van der Waals surface area contributed by atoms with Gasteiger partial charge in [-0.25, -0.2) is 9.97 Å². The number of anilines is 1. The number of benzene rings is 1. The molecule has 7 heteroatoms. The summed E-state index contributed by atoms with van der Waals surface area (Å²) in [6.07, 6.45) is 6.47. The largest absolute Gasteiger partial charge is 0.394 e. The summed E-state index contributed by atoms with van der Waals surface area (Å²) in [7, 11) is 0. The van der Waals surface area contributed by atoms with Gasteiger partial charge in [0.1, 0.15) is 0 Å². The number of aliphatic hydroxyl groups is 1. The first-order chi connectivity index (χ1) is 15.0. The predicted molar refractivity (Wildman–Crippen MR) is 128 cm³/mol. The van der Waals surface area contributed by atoms with Gasteiger partial charge in [-0.05, 0) is 43.9 Å². The molecule has 1 atom stereocenters. The van der Waals surface area contributed by atoms with Crippen LogP contribution in [0.2, 0.25) is 0 Å². The molecule has 1 aliphatic carbocycles. The molecule has 1 unspecified atom stereocenters. The fraction of sp³-hybridized carbons (Fsp3) is 0.583. The Balaban J connectivity index is 1.21. The predicted octanol–water partition coefficient (Wildman–Crippen LogP) is 2.95. The number of thioether (sulfide) groups is 1. The Kier molecular flexibility index (Phi) is 7.16. The lowest BCUT2D eigenvalue weighted by atomic mass is 9.60. The number of nitrogens with one attached hydrogen (secondary N) is 1. The third kappa shape index (κ3) is 5.22. The van der Waals surface area contributed by atoms with E-state index in [4.69, 9.17) is 0 Å². The number of rotatable bonds is 10. The lowest BCUT2D eigenvalue weighted by molar-refractivity contribution is -0.0826. The molecule has 2 aliphatic rings. The van der Waals surface area contributed by atoms with Crippen molar-refractivity contribution in [1.82, 2.24) is 20.2 Å². The molecule has 2 fully saturated rings. The lowest BCUT2D eigenvalue weighted by Gasteiger charge is -2.59. The summed E-state index contributed by atoms with van der Waals surface area (Å²) in [5.74, 6) is 0.708. The molecule has 1 aromatic carbocycles. The molecule has 1 saturated heterocycles. The fourth-order valence-electron chi connectivity index (χ4n) is 5.03. The summed E-state index contributed by atoms with van der Waals surface area (Å²) in [5, 5.41) is 13.4. The maximum atomic E-state index is 9.71. The van der Waals surface area contributed by atoms with E-state index in [1.54, 1.807) is 11.8 Å². The van der Waals surface area contributed by atoms with Gasteiger partial charge in [0.25, 0.3) is 0 Å². The molecule has 1 spiro atoms. The molecule has 2 aromatic rings. The minimum atomic E-state index is -0.00719. The molecule has 0 amide bonds. The van der Waals surface area contributed by atoms with Crippen molar-refractivity contribution < 1.29 is 5.11 Å². The first-order valence-electron chi connectivity index (χ1n) is 11.3. The van der Waals surface area contributed by atoms with Gasteiger partial charge in [0.05, 0.1) is 18.3 Å². The molecule has 1 aliphatic heterocycles. The smallest absolute Gasteiger partial charge is 0.225 e. The van der Waals surface area contributed by atoms with Gasteiger partial charge < -0.3 is 15.3 Å². The number of hydrogen-bond acceptors (Lipinski definition) is 7. The van der Waals surface area contributed by atoms with Crippen LogP contribution in [0, 0.1) is 12.3 Å². The van der Waals surface area contributed by atoms with Crippen LogP contribution in [-0.4, -0.2) is 71.1 Å². The van der Waals surface area contributed by atoms with Crippen LogP contribution in [0.1, 0.15) is 31.0 Å². The summed E-state index contributed by atoms with van der Waals surface area (Å²) in [6.45, 7) is 9.33. The normalized spacial score (nSPS) is 19.1. The van der Waals surface area contributed by atoms with Crippen molar-refractivity contribution in [2.24, 2.45) is 5.41 Å². The van der Waals surface area contributed by atoms with Gasteiger partial charge in [0.2, 0.25) is 5.95 Å². The minimum Gasteiger partial charge on any atom is -0.394 e. The van der Waals surface area contributed by atoms with Gasteiger partial charge in [-0.2, -0.15) is 0 Å². The van der Waals surface area contributed by atoms with Gasteiger partial charge in [0, 0.05) is 49.9 Å². The molecule has 31 heavy (non-hydrogen) atoms. The molecule has 4 rings (SSSR count). The highest BCUT2D eigenvalue weighted by Gasteiger charge is 2.51. The quantitative estimate of drug-likeness (QED) is 0.550. The highest BCUT2D eigenvalue weighted by Crippen LogP contribution is 2.48. The van der Waals surface area contributed by atoms with E-state index < -0.39 is 0 Å². The zero-order valence-corrected chi connectivity index (χ0v) is 19.7.